The molecule has 1 atom stereocenters. The van der Waals surface area contributed by atoms with Crippen molar-refractivity contribution in [3.05, 3.63) is 0 Å². The number of amides is 1. The largest absolute Gasteiger partial charge is 0.401 e. The zero-order valence-electron chi connectivity index (χ0n) is 9.96. The predicted octanol–water partition coefficient (Wildman–Crippen LogP) is 1.42. The molecule has 1 heterocycles. The molecule has 1 amide bonds. The van der Waals surface area contributed by atoms with Gasteiger partial charge in [-0.25, -0.2) is 5.06 Å². The zero-order chi connectivity index (χ0) is 13.1. The van der Waals surface area contributed by atoms with Gasteiger partial charge < -0.3 is 0 Å². The molecule has 7 heteroatoms. The minimum atomic E-state index is -4.28. The van der Waals surface area contributed by atoms with E-state index in [1.165, 1.54) is 19.1 Å². The molecular weight excluding hydrogens is 237 g/mol. The third-order valence-electron chi connectivity index (χ3n) is 2.87. The number of hydroxylamine groups is 2. The summed E-state index contributed by atoms with van der Waals surface area (Å²) >= 11 is 0. The highest BCUT2D eigenvalue weighted by Crippen LogP contribution is 2.24. The molecule has 0 aliphatic carbocycles. The summed E-state index contributed by atoms with van der Waals surface area (Å²) in [5.41, 5.74) is 0. The van der Waals surface area contributed by atoms with Gasteiger partial charge in [-0.2, -0.15) is 13.2 Å². The lowest BCUT2D eigenvalue weighted by Crippen LogP contribution is -2.52. The first-order valence-corrected chi connectivity index (χ1v) is 5.47. The molecule has 1 aliphatic rings. The van der Waals surface area contributed by atoms with Crippen LogP contribution in [0.3, 0.4) is 0 Å². The normalized spacial score (nSPS) is 22.5. The Labute approximate surface area is 98.3 Å². The first-order chi connectivity index (χ1) is 7.85. The molecule has 4 nitrogen and oxygen atoms in total. The number of carbonyl (C=O) groups is 1. The Kier molecular flexibility index (Phi) is 4.76. The maximum Gasteiger partial charge on any atom is 0.401 e. The highest BCUT2D eigenvalue weighted by Gasteiger charge is 2.38. The molecule has 1 saturated heterocycles. The summed E-state index contributed by atoms with van der Waals surface area (Å²) in [7, 11) is 2.72. The van der Waals surface area contributed by atoms with Gasteiger partial charge in [0.05, 0.1) is 19.7 Å². The van der Waals surface area contributed by atoms with Gasteiger partial charge in [-0.05, 0) is 19.4 Å². The van der Waals surface area contributed by atoms with Crippen LogP contribution in [0.15, 0.2) is 0 Å². The van der Waals surface area contributed by atoms with Crippen LogP contribution >= 0.6 is 0 Å². The average molecular weight is 254 g/mol. The highest BCUT2D eigenvalue weighted by atomic mass is 19.4. The van der Waals surface area contributed by atoms with Crippen LogP contribution in [-0.2, 0) is 9.63 Å². The van der Waals surface area contributed by atoms with Gasteiger partial charge in [0.1, 0.15) is 0 Å². The van der Waals surface area contributed by atoms with E-state index in [9.17, 15) is 18.0 Å². The van der Waals surface area contributed by atoms with Gasteiger partial charge in [-0.1, -0.05) is 6.42 Å². The molecule has 0 aromatic carbocycles. The molecule has 0 spiro atoms. The van der Waals surface area contributed by atoms with E-state index < -0.39 is 24.7 Å². The molecule has 100 valence electrons. The number of hydrogen-bond donors (Lipinski definition) is 0. The Morgan fingerprint density at radius 2 is 2.12 bits per heavy atom. The third-order valence-corrected chi connectivity index (χ3v) is 2.87. The summed E-state index contributed by atoms with van der Waals surface area (Å²) in [6, 6.07) is -0.727. The number of carbonyl (C=O) groups excluding carboxylic acids is 1. The fraction of sp³-hybridized carbons (Fsp3) is 0.900. The molecule has 0 radical (unpaired) electrons. The quantitative estimate of drug-likeness (QED) is 0.714. The Hall–Kier alpha value is -0.820. The number of rotatable bonds is 3. The molecule has 1 rings (SSSR count). The van der Waals surface area contributed by atoms with Crippen LogP contribution in [0.25, 0.3) is 0 Å². The Balaban J connectivity index is 2.69. The van der Waals surface area contributed by atoms with Crippen LogP contribution < -0.4 is 0 Å². The molecule has 17 heavy (non-hydrogen) atoms. The van der Waals surface area contributed by atoms with Crippen LogP contribution in [-0.4, -0.2) is 55.3 Å². The molecule has 1 unspecified atom stereocenters. The molecule has 0 N–H and O–H groups in total. The van der Waals surface area contributed by atoms with Gasteiger partial charge in [0.15, 0.2) is 0 Å². The molecule has 1 aliphatic heterocycles. The minimum absolute atomic E-state index is 0.299. The molecular formula is C10H17F3N2O2. The van der Waals surface area contributed by atoms with Crippen molar-refractivity contribution in [2.45, 2.75) is 31.5 Å². The summed E-state index contributed by atoms with van der Waals surface area (Å²) in [5.74, 6) is -0.420. The Bertz CT molecular complexity index is 271. The smallest absolute Gasteiger partial charge is 0.283 e. The second kappa shape index (κ2) is 5.68. The van der Waals surface area contributed by atoms with Crippen molar-refractivity contribution in [3.8, 4) is 0 Å². The van der Waals surface area contributed by atoms with Crippen LogP contribution in [0, 0.1) is 0 Å². The second-order valence-corrected chi connectivity index (χ2v) is 4.12. The number of likely N-dealkylation sites (tertiary alicyclic amines) is 1. The van der Waals surface area contributed by atoms with Crippen molar-refractivity contribution in [1.29, 1.82) is 0 Å². The summed E-state index contributed by atoms with van der Waals surface area (Å²) in [6.45, 7) is -0.742. The van der Waals surface area contributed by atoms with E-state index in [0.717, 1.165) is 11.5 Å². The van der Waals surface area contributed by atoms with E-state index in [0.29, 0.717) is 19.4 Å². The van der Waals surface area contributed by atoms with Gasteiger partial charge in [0.2, 0.25) is 0 Å². The molecule has 0 aromatic rings. The number of halogens is 3. The number of likely N-dealkylation sites (N-methyl/N-ethyl adjacent to an activating group) is 1. The zero-order valence-corrected chi connectivity index (χ0v) is 9.96. The lowest BCUT2D eigenvalue weighted by Gasteiger charge is -2.36. The van der Waals surface area contributed by atoms with Gasteiger partial charge in [0.25, 0.3) is 5.91 Å². The van der Waals surface area contributed by atoms with E-state index in [2.05, 4.69) is 0 Å². The molecule has 0 aromatic heterocycles. The lowest BCUT2D eigenvalue weighted by atomic mass is 10.0. The molecule has 0 bridgehead atoms. The molecule has 1 fully saturated rings. The summed E-state index contributed by atoms with van der Waals surface area (Å²) < 4.78 is 37.1. The van der Waals surface area contributed by atoms with E-state index in [4.69, 9.17) is 4.84 Å². The second-order valence-electron chi connectivity index (χ2n) is 4.12. The van der Waals surface area contributed by atoms with E-state index in [-0.39, 0.29) is 0 Å². The summed E-state index contributed by atoms with van der Waals surface area (Å²) in [4.78, 5) is 17.7. The number of hydrogen-bond acceptors (Lipinski definition) is 3. The van der Waals surface area contributed by atoms with Gasteiger partial charge in [-0.15, -0.1) is 0 Å². The fourth-order valence-corrected chi connectivity index (χ4v) is 1.99. The average Bonchev–Trinajstić information content (AvgIpc) is 2.25. The van der Waals surface area contributed by atoms with Gasteiger partial charge in [0, 0.05) is 7.05 Å². The first-order valence-electron chi connectivity index (χ1n) is 5.47. The lowest BCUT2D eigenvalue weighted by molar-refractivity contribution is -0.184. The summed E-state index contributed by atoms with van der Waals surface area (Å²) in [5, 5.41) is 0.985. The van der Waals surface area contributed by atoms with Crippen molar-refractivity contribution < 1.29 is 22.8 Å². The Morgan fingerprint density at radius 1 is 1.47 bits per heavy atom. The SMILES string of the molecule is CON(C)C(=O)C1CCCCN1CC(F)(F)F. The van der Waals surface area contributed by atoms with Gasteiger partial charge in [-0.3, -0.25) is 14.5 Å². The van der Waals surface area contributed by atoms with Crippen LogP contribution in [0.1, 0.15) is 19.3 Å². The van der Waals surface area contributed by atoms with E-state index in [1.807, 2.05) is 0 Å². The number of alkyl halides is 3. The Morgan fingerprint density at radius 3 is 2.65 bits per heavy atom. The third kappa shape index (κ3) is 4.16. The maximum absolute atomic E-state index is 12.4. The van der Waals surface area contributed by atoms with Crippen molar-refractivity contribution in [2.75, 3.05) is 27.2 Å². The first kappa shape index (κ1) is 14.2. The van der Waals surface area contributed by atoms with Crippen molar-refractivity contribution in [2.24, 2.45) is 0 Å². The monoisotopic (exact) mass is 254 g/mol. The van der Waals surface area contributed by atoms with Crippen molar-refractivity contribution in [1.82, 2.24) is 9.96 Å². The number of piperidine rings is 1. The number of nitrogens with zero attached hydrogens (tertiary/aromatic N) is 2. The minimum Gasteiger partial charge on any atom is -0.283 e. The molecule has 0 saturated carbocycles. The summed E-state index contributed by atoms with van der Waals surface area (Å²) in [6.07, 6.45) is -2.37. The van der Waals surface area contributed by atoms with Crippen LogP contribution in [0.2, 0.25) is 0 Å². The van der Waals surface area contributed by atoms with E-state index in [1.54, 1.807) is 0 Å². The van der Waals surface area contributed by atoms with Gasteiger partial charge >= 0.3 is 6.18 Å². The van der Waals surface area contributed by atoms with E-state index >= 15 is 0 Å². The maximum atomic E-state index is 12.4. The van der Waals surface area contributed by atoms with Crippen molar-refractivity contribution >= 4 is 5.91 Å². The topological polar surface area (TPSA) is 32.8 Å². The fourth-order valence-electron chi connectivity index (χ4n) is 1.99. The highest BCUT2D eigenvalue weighted by molar-refractivity contribution is 5.80. The predicted molar refractivity (Wildman–Crippen MR) is 55.0 cm³/mol. The standard InChI is InChI=1S/C10H17F3N2O2/c1-14(17-2)9(16)8-5-3-4-6-15(8)7-10(11,12)13/h8H,3-7H2,1-2H3. The van der Waals surface area contributed by atoms with Crippen molar-refractivity contribution in [3.63, 3.8) is 0 Å². The van der Waals surface area contributed by atoms with Crippen LogP contribution in [0.5, 0.6) is 0 Å². The van der Waals surface area contributed by atoms with Crippen LogP contribution in [0.4, 0.5) is 13.2 Å².